The summed E-state index contributed by atoms with van der Waals surface area (Å²) in [6.07, 6.45) is 3.96. The van der Waals surface area contributed by atoms with E-state index in [1.165, 1.54) is 0 Å². The Morgan fingerprint density at radius 1 is 1.33 bits per heavy atom. The first kappa shape index (κ1) is 14.4. The number of halogens is 1. The van der Waals surface area contributed by atoms with E-state index in [1.807, 2.05) is 13.1 Å². The quantitative estimate of drug-likeness (QED) is 0.909. The van der Waals surface area contributed by atoms with E-state index in [0.29, 0.717) is 11.2 Å². The first-order valence-electron chi connectivity index (χ1n) is 7.29. The van der Waals surface area contributed by atoms with Gasteiger partial charge in [-0.2, -0.15) is 0 Å². The van der Waals surface area contributed by atoms with Crippen LogP contribution in [0, 0.1) is 0 Å². The number of nitrogens with zero attached hydrogens (tertiary/aromatic N) is 4. The molecule has 3 rings (SSSR count). The Morgan fingerprint density at radius 2 is 2.00 bits per heavy atom. The molecule has 1 unspecified atom stereocenters. The van der Waals surface area contributed by atoms with Gasteiger partial charge in [-0.05, 0) is 44.2 Å². The number of piperidine rings is 2. The van der Waals surface area contributed by atoms with Crippen LogP contribution < -0.4 is 4.90 Å². The van der Waals surface area contributed by atoms with E-state index in [0.717, 1.165) is 37.9 Å². The molecular weight excluding hydrogens is 292 g/mol. The standard InChI is InChI=1S/C14H19ClN4O2/c1-18(13-6-5-12(15)16-17-13)11-7-9-3-2-4-10(8-11)19(9)14(20)21/h5-6,9-11H,2-4,7-8H2,1H3,(H,20,21)/t9-,10+,11?. The van der Waals surface area contributed by atoms with Crippen LogP contribution in [0.15, 0.2) is 12.1 Å². The van der Waals surface area contributed by atoms with Crippen LogP contribution in [-0.4, -0.2) is 51.5 Å². The smallest absolute Gasteiger partial charge is 0.407 e. The van der Waals surface area contributed by atoms with Gasteiger partial charge >= 0.3 is 6.09 Å². The fraction of sp³-hybridized carbons (Fsp3) is 0.643. The highest BCUT2D eigenvalue weighted by Gasteiger charge is 2.42. The number of aromatic nitrogens is 2. The normalized spacial score (nSPS) is 28.3. The minimum Gasteiger partial charge on any atom is -0.465 e. The van der Waals surface area contributed by atoms with Gasteiger partial charge in [0.05, 0.1) is 0 Å². The Labute approximate surface area is 128 Å². The number of carbonyl (C=O) groups is 1. The third kappa shape index (κ3) is 2.77. The molecule has 0 spiro atoms. The van der Waals surface area contributed by atoms with Crippen molar-refractivity contribution in [2.45, 2.75) is 50.2 Å². The van der Waals surface area contributed by atoms with E-state index < -0.39 is 6.09 Å². The van der Waals surface area contributed by atoms with Crippen LogP contribution in [0.4, 0.5) is 10.6 Å². The fourth-order valence-electron chi connectivity index (χ4n) is 3.67. The molecule has 1 aromatic rings. The Morgan fingerprint density at radius 3 is 2.52 bits per heavy atom. The highest BCUT2D eigenvalue weighted by atomic mass is 35.5. The summed E-state index contributed by atoms with van der Waals surface area (Å²) in [5.41, 5.74) is 0. The fourth-order valence-corrected chi connectivity index (χ4v) is 3.77. The van der Waals surface area contributed by atoms with Crippen LogP contribution in [0.25, 0.3) is 0 Å². The van der Waals surface area contributed by atoms with Gasteiger partial charge in [0.1, 0.15) is 0 Å². The first-order chi connectivity index (χ1) is 10.1. The molecule has 0 aromatic carbocycles. The molecule has 3 atom stereocenters. The van der Waals surface area contributed by atoms with Gasteiger partial charge < -0.3 is 14.9 Å². The number of hydrogen-bond acceptors (Lipinski definition) is 4. The summed E-state index contributed by atoms with van der Waals surface area (Å²) in [6.45, 7) is 0. The highest BCUT2D eigenvalue weighted by molar-refractivity contribution is 6.29. The van der Waals surface area contributed by atoms with Crippen molar-refractivity contribution in [3.05, 3.63) is 17.3 Å². The molecule has 2 saturated heterocycles. The SMILES string of the molecule is CN(c1ccc(Cl)nn1)C1C[C@H]2CCC[C@@H](C1)N2C(=O)O. The van der Waals surface area contributed by atoms with E-state index in [4.69, 9.17) is 11.6 Å². The predicted molar refractivity (Wildman–Crippen MR) is 79.8 cm³/mol. The maximum absolute atomic E-state index is 11.4. The molecule has 114 valence electrons. The molecule has 3 heterocycles. The van der Waals surface area contributed by atoms with Crippen molar-refractivity contribution in [3.8, 4) is 0 Å². The molecular formula is C14H19ClN4O2. The third-order valence-electron chi connectivity index (χ3n) is 4.70. The van der Waals surface area contributed by atoms with Gasteiger partial charge in [0.2, 0.25) is 0 Å². The molecule has 0 radical (unpaired) electrons. The second-order valence-corrected chi connectivity index (χ2v) is 6.27. The lowest BCUT2D eigenvalue weighted by Crippen LogP contribution is -2.58. The summed E-state index contributed by atoms with van der Waals surface area (Å²) in [4.78, 5) is 15.2. The molecule has 7 heteroatoms. The summed E-state index contributed by atoms with van der Waals surface area (Å²) in [7, 11) is 1.99. The average Bonchev–Trinajstić information content (AvgIpc) is 2.45. The van der Waals surface area contributed by atoms with Crippen LogP contribution in [0.3, 0.4) is 0 Å². The van der Waals surface area contributed by atoms with Crippen LogP contribution in [-0.2, 0) is 0 Å². The maximum Gasteiger partial charge on any atom is 0.407 e. The zero-order chi connectivity index (χ0) is 15.0. The van der Waals surface area contributed by atoms with Crippen LogP contribution in [0.5, 0.6) is 0 Å². The van der Waals surface area contributed by atoms with Gasteiger partial charge in [0.25, 0.3) is 0 Å². The maximum atomic E-state index is 11.4. The molecule has 1 N–H and O–H groups in total. The molecule has 2 bridgehead atoms. The van der Waals surface area contributed by atoms with E-state index in [1.54, 1.807) is 11.0 Å². The van der Waals surface area contributed by atoms with Gasteiger partial charge in [0, 0.05) is 25.2 Å². The Balaban J connectivity index is 1.76. The van der Waals surface area contributed by atoms with Crippen molar-refractivity contribution in [1.29, 1.82) is 0 Å². The number of fused-ring (bicyclic) bond motifs is 2. The third-order valence-corrected chi connectivity index (χ3v) is 4.90. The summed E-state index contributed by atoms with van der Waals surface area (Å²) in [5, 5.41) is 17.8. The highest BCUT2D eigenvalue weighted by Crippen LogP contribution is 2.36. The Kier molecular flexibility index (Phi) is 3.89. The van der Waals surface area contributed by atoms with E-state index >= 15 is 0 Å². The second-order valence-electron chi connectivity index (χ2n) is 5.88. The zero-order valence-corrected chi connectivity index (χ0v) is 12.7. The minimum atomic E-state index is -0.780. The molecule has 1 aromatic heterocycles. The van der Waals surface area contributed by atoms with Crippen molar-refractivity contribution in [2.75, 3.05) is 11.9 Å². The van der Waals surface area contributed by atoms with Crippen molar-refractivity contribution >= 4 is 23.5 Å². The summed E-state index contributed by atoms with van der Waals surface area (Å²) >= 11 is 5.77. The molecule has 21 heavy (non-hydrogen) atoms. The Bertz CT molecular complexity index is 510. The summed E-state index contributed by atoms with van der Waals surface area (Å²) < 4.78 is 0. The van der Waals surface area contributed by atoms with Crippen molar-refractivity contribution in [2.24, 2.45) is 0 Å². The number of anilines is 1. The molecule has 0 saturated carbocycles. The second kappa shape index (κ2) is 5.67. The number of carboxylic acid groups (broad SMARTS) is 1. The van der Waals surface area contributed by atoms with Crippen molar-refractivity contribution < 1.29 is 9.90 Å². The lowest BCUT2D eigenvalue weighted by Gasteiger charge is -2.49. The summed E-state index contributed by atoms with van der Waals surface area (Å²) in [5.74, 6) is 0.784. The van der Waals surface area contributed by atoms with Gasteiger partial charge in [-0.25, -0.2) is 4.79 Å². The first-order valence-corrected chi connectivity index (χ1v) is 7.67. The molecule has 1 amide bonds. The van der Waals surface area contributed by atoms with Crippen molar-refractivity contribution in [1.82, 2.24) is 15.1 Å². The predicted octanol–water partition coefficient (Wildman–Crippen LogP) is 2.63. The van der Waals surface area contributed by atoms with Gasteiger partial charge in [-0.1, -0.05) is 11.6 Å². The molecule has 2 fully saturated rings. The van der Waals surface area contributed by atoms with Crippen LogP contribution >= 0.6 is 11.6 Å². The van der Waals surface area contributed by atoms with Crippen molar-refractivity contribution in [3.63, 3.8) is 0 Å². The molecule has 6 nitrogen and oxygen atoms in total. The molecule has 2 aliphatic heterocycles. The van der Waals surface area contributed by atoms with E-state index in [9.17, 15) is 9.90 Å². The molecule has 2 aliphatic rings. The molecule has 0 aliphatic carbocycles. The Hall–Kier alpha value is -1.56. The monoisotopic (exact) mass is 310 g/mol. The van der Waals surface area contributed by atoms with E-state index in [2.05, 4.69) is 15.1 Å². The lowest BCUT2D eigenvalue weighted by atomic mass is 9.81. The number of rotatable bonds is 2. The average molecular weight is 311 g/mol. The van der Waals surface area contributed by atoms with Crippen LogP contribution in [0.2, 0.25) is 5.15 Å². The van der Waals surface area contributed by atoms with E-state index in [-0.39, 0.29) is 12.1 Å². The van der Waals surface area contributed by atoms with Gasteiger partial charge in [-0.15, -0.1) is 10.2 Å². The van der Waals surface area contributed by atoms with Gasteiger partial charge in [-0.3, -0.25) is 0 Å². The zero-order valence-electron chi connectivity index (χ0n) is 11.9. The van der Waals surface area contributed by atoms with Gasteiger partial charge in [0.15, 0.2) is 11.0 Å². The number of hydrogen-bond donors (Lipinski definition) is 1. The number of amides is 1. The van der Waals surface area contributed by atoms with Crippen LogP contribution in [0.1, 0.15) is 32.1 Å². The summed E-state index contributed by atoms with van der Waals surface area (Å²) in [6, 6.07) is 4.14. The minimum absolute atomic E-state index is 0.128. The lowest BCUT2D eigenvalue weighted by molar-refractivity contribution is 0.0352. The topological polar surface area (TPSA) is 69.6 Å². The largest absolute Gasteiger partial charge is 0.465 e.